The van der Waals surface area contributed by atoms with Gasteiger partial charge in [0, 0.05) is 66.8 Å². The maximum Gasteiger partial charge on any atom is 0.193 e. The zero-order chi connectivity index (χ0) is 17.6. The first-order valence-corrected chi connectivity index (χ1v) is 9.88. The molecule has 1 fully saturated rings. The van der Waals surface area contributed by atoms with Crippen LogP contribution in [-0.2, 0) is 10.8 Å². The number of halogens is 1. The van der Waals surface area contributed by atoms with Crippen molar-refractivity contribution >= 4 is 46.4 Å². The Labute approximate surface area is 171 Å². The molecule has 1 aromatic rings. The first-order chi connectivity index (χ1) is 11.4. The standard InChI is InChI=1S/C18H30N4OS.HI/c1-18(2,3)24(23)15-10-20-17(19-4)22-13-11-21(12-14-22)16-8-6-5-7-9-16;/h5-9H,10-15H2,1-4H3,(H,19,20);1H. The Morgan fingerprint density at radius 3 is 2.28 bits per heavy atom. The Kier molecular flexibility index (Phi) is 9.20. The van der Waals surface area contributed by atoms with Crippen LogP contribution in [0.4, 0.5) is 5.69 Å². The van der Waals surface area contributed by atoms with Crippen molar-refractivity contribution in [2.75, 3.05) is 50.4 Å². The van der Waals surface area contributed by atoms with E-state index in [0.717, 1.165) is 32.1 Å². The topological polar surface area (TPSA) is 47.9 Å². The number of para-hydroxylation sites is 1. The molecule has 142 valence electrons. The van der Waals surface area contributed by atoms with Crippen LogP contribution in [-0.4, -0.2) is 65.3 Å². The first kappa shape index (κ1) is 22.2. The highest BCUT2D eigenvalue weighted by Gasteiger charge is 2.21. The minimum absolute atomic E-state index is 0. The van der Waals surface area contributed by atoms with Crippen molar-refractivity contribution in [3.05, 3.63) is 30.3 Å². The fraction of sp³-hybridized carbons (Fsp3) is 0.611. The van der Waals surface area contributed by atoms with Gasteiger partial charge in [0.25, 0.3) is 0 Å². The second-order valence-electron chi connectivity index (χ2n) is 6.95. The molecule has 0 aromatic heterocycles. The van der Waals surface area contributed by atoms with Gasteiger partial charge in [-0.05, 0) is 32.9 Å². The molecule has 1 aromatic carbocycles. The highest BCUT2D eigenvalue weighted by atomic mass is 127. The summed E-state index contributed by atoms with van der Waals surface area (Å²) in [6.45, 7) is 10.6. The van der Waals surface area contributed by atoms with Gasteiger partial charge in [0.05, 0.1) is 0 Å². The third kappa shape index (κ3) is 6.77. The summed E-state index contributed by atoms with van der Waals surface area (Å²) in [5.74, 6) is 1.56. The van der Waals surface area contributed by atoms with Crippen molar-refractivity contribution in [1.29, 1.82) is 0 Å². The number of nitrogens with one attached hydrogen (secondary N) is 1. The van der Waals surface area contributed by atoms with Crippen molar-refractivity contribution < 1.29 is 4.21 Å². The average molecular weight is 478 g/mol. The molecule has 7 heteroatoms. The van der Waals surface area contributed by atoms with Crippen molar-refractivity contribution in [1.82, 2.24) is 10.2 Å². The summed E-state index contributed by atoms with van der Waals surface area (Å²) >= 11 is 0. The molecule has 25 heavy (non-hydrogen) atoms. The molecular weight excluding hydrogens is 447 g/mol. The summed E-state index contributed by atoms with van der Waals surface area (Å²) < 4.78 is 12.0. The number of aliphatic imine (C=N–C) groups is 1. The largest absolute Gasteiger partial charge is 0.368 e. The van der Waals surface area contributed by atoms with Crippen LogP contribution in [0.3, 0.4) is 0 Å². The molecule has 1 aliphatic rings. The van der Waals surface area contributed by atoms with E-state index in [-0.39, 0.29) is 28.7 Å². The molecule has 1 aliphatic heterocycles. The third-order valence-electron chi connectivity index (χ3n) is 4.17. The summed E-state index contributed by atoms with van der Waals surface area (Å²) in [6.07, 6.45) is 0. The van der Waals surface area contributed by atoms with E-state index < -0.39 is 10.8 Å². The number of guanidine groups is 1. The van der Waals surface area contributed by atoms with Crippen LogP contribution in [0, 0.1) is 0 Å². The SMILES string of the molecule is CN=C(NCCS(=O)C(C)(C)C)N1CCN(c2ccccc2)CC1.I. The lowest BCUT2D eigenvalue weighted by atomic mass is 10.2. The molecule has 0 saturated carbocycles. The molecule has 2 rings (SSSR count). The zero-order valence-corrected chi connectivity index (χ0v) is 18.8. The summed E-state index contributed by atoms with van der Waals surface area (Å²) in [4.78, 5) is 9.06. The molecule has 0 radical (unpaired) electrons. The number of benzene rings is 1. The number of piperazine rings is 1. The number of rotatable bonds is 4. The highest BCUT2D eigenvalue weighted by Crippen LogP contribution is 2.15. The van der Waals surface area contributed by atoms with Gasteiger partial charge >= 0.3 is 0 Å². The van der Waals surface area contributed by atoms with Crippen molar-refractivity contribution in [3.8, 4) is 0 Å². The second-order valence-corrected chi connectivity index (χ2v) is 9.27. The number of anilines is 1. The Morgan fingerprint density at radius 2 is 1.76 bits per heavy atom. The molecule has 1 heterocycles. The second kappa shape index (κ2) is 10.4. The van der Waals surface area contributed by atoms with Gasteiger partial charge in [0.2, 0.25) is 0 Å². The highest BCUT2D eigenvalue weighted by molar-refractivity contribution is 14.0. The quantitative estimate of drug-likeness (QED) is 0.411. The van der Waals surface area contributed by atoms with Crippen LogP contribution < -0.4 is 10.2 Å². The van der Waals surface area contributed by atoms with E-state index in [9.17, 15) is 4.21 Å². The minimum atomic E-state index is -0.836. The lowest BCUT2D eigenvalue weighted by Crippen LogP contribution is -2.53. The van der Waals surface area contributed by atoms with E-state index in [1.807, 2.05) is 33.9 Å². The molecule has 0 spiro atoms. The Balaban J connectivity index is 0.00000312. The lowest BCUT2D eigenvalue weighted by Gasteiger charge is -2.37. The molecule has 0 aliphatic carbocycles. The number of hydrogen-bond donors (Lipinski definition) is 1. The van der Waals surface area contributed by atoms with Gasteiger partial charge < -0.3 is 15.1 Å². The van der Waals surface area contributed by atoms with Crippen LogP contribution in [0.1, 0.15) is 20.8 Å². The first-order valence-electron chi connectivity index (χ1n) is 8.56. The van der Waals surface area contributed by atoms with Crippen LogP contribution in [0.15, 0.2) is 35.3 Å². The smallest absolute Gasteiger partial charge is 0.193 e. The van der Waals surface area contributed by atoms with Crippen LogP contribution in [0.5, 0.6) is 0 Å². The molecule has 1 saturated heterocycles. The monoisotopic (exact) mass is 478 g/mol. The summed E-state index contributed by atoms with van der Waals surface area (Å²) in [5, 5.41) is 3.36. The minimum Gasteiger partial charge on any atom is -0.368 e. The summed E-state index contributed by atoms with van der Waals surface area (Å²) in [7, 11) is 0.977. The normalized spacial score (nSPS) is 17.0. The van der Waals surface area contributed by atoms with Crippen molar-refractivity contribution in [2.24, 2.45) is 4.99 Å². The van der Waals surface area contributed by atoms with Crippen molar-refractivity contribution in [2.45, 2.75) is 25.5 Å². The summed E-state index contributed by atoms with van der Waals surface area (Å²) in [5.41, 5.74) is 1.28. The van der Waals surface area contributed by atoms with Crippen molar-refractivity contribution in [3.63, 3.8) is 0 Å². The van der Waals surface area contributed by atoms with Gasteiger partial charge in [-0.2, -0.15) is 0 Å². The van der Waals surface area contributed by atoms with Gasteiger partial charge in [-0.1, -0.05) is 18.2 Å². The van der Waals surface area contributed by atoms with Crippen LogP contribution >= 0.6 is 24.0 Å². The molecule has 0 bridgehead atoms. The van der Waals surface area contributed by atoms with Gasteiger partial charge in [-0.3, -0.25) is 9.20 Å². The van der Waals surface area contributed by atoms with E-state index in [1.54, 1.807) is 0 Å². The molecule has 5 nitrogen and oxygen atoms in total. The Morgan fingerprint density at radius 1 is 1.16 bits per heavy atom. The van der Waals surface area contributed by atoms with E-state index in [1.165, 1.54) is 5.69 Å². The average Bonchev–Trinajstić information content (AvgIpc) is 2.59. The lowest BCUT2D eigenvalue weighted by molar-refractivity contribution is 0.373. The van der Waals surface area contributed by atoms with Crippen LogP contribution in [0.25, 0.3) is 0 Å². The van der Waals surface area contributed by atoms with Gasteiger partial charge in [-0.15, -0.1) is 24.0 Å². The molecule has 1 N–H and O–H groups in total. The molecule has 0 amide bonds. The molecule has 1 atom stereocenters. The molecular formula is C18H31IN4OS. The van der Waals surface area contributed by atoms with Gasteiger partial charge in [-0.25, -0.2) is 0 Å². The van der Waals surface area contributed by atoms with Gasteiger partial charge in [0.1, 0.15) is 0 Å². The van der Waals surface area contributed by atoms with E-state index >= 15 is 0 Å². The van der Waals surface area contributed by atoms with Gasteiger partial charge in [0.15, 0.2) is 5.96 Å². The number of nitrogens with zero attached hydrogens (tertiary/aromatic N) is 3. The number of hydrogen-bond acceptors (Lipinski definition) is 3. The third-order valence-corrected chi connectivity index (χ3v) is 6.11. The predicted molar refractivity (Wildman–Crippen MR) is 120 cm³/mol. The maximum absolute atomic E-state index is 12.1. The zero-order valence-electron chi connectivity index (χ0n) is 15.7. The summed E-state index contributed by atoms with van der Waals surface area (Å²) in [6, 6.07) is 10.5. The predicted octanol–water partition coefficient (Wildman–Crippen LogP) is 2.55. The maximum atomic E-state index is 12.1. The Hall–Kier alpha value is -0.830. The Bertz CT molecular complexity index is 566. The van der Waals surface area contributed by atoms with E-state index in [0.29, 0.717) is 12.3 Å². The van der Waals surface area contributed by atoms with E-state index in [4.69, 9.17) is 0 Å². The fourth-order valence-corrected chi connectivity index (χ4v) is 3.61. The van der Waals surface area contributed by atoms with Crippen LogP contribution in [0.2, 0.25) is 0 Å². The van der Waals surface area contributed by atoms with E-state index in [2.05, 4.69) is 44.4 Å². The fourth-order valence-electron chi connectivity index (χ4n) is 2.71. The molecule has 1 unspecified atom stereocenters.